The smallest absolute Gasteiger partial charge is 0.358 e. The molecule has 0 radical (unpaired) electrons. The molecule has 2 heterocycles. The van der Waals surface area contributed by atoms with Crippen LogP contribution in [0.5, 0.6) is 0 Å². The first-order chi connectivity index (χ1) is 16.6. The number of aliphatic carboxylic acids is 1. The van der Waals surface area contributed by atoms with Crippen LogP contribution in [0.3, 0.4) is 0 Å². The Morgan fingerprint density at radius 1 is 1.23 bits per heavy atom. The van der Waals surface area contributed by atoms with Gasteiger partial charge in [-0.2, -0.15) is 0 Å². The highest BCUT2D eigenvalue weighted by molar-refractivity contribution is 5.97. The van der Waals surface area contributed by atoms with E-state index in [9.17, 15) is 28.8 Å². The Hall–Kier alpha value is -4.16. The normalized spacial score (nSPS) is 18.8. The van der Waals surface area contributed by atoms with Gasteiger partial charge in [0.25, 0.3) is 5.91 Å². The van der Waals surface area contributed by atoms with Crippen molar-refractivity contribution in [2.24, 2.45) is 0 Å². The number of fused-ring (bicyclic) bond motifs is 1. The second-order valence-corrected chi connectivity index (χ2v) is 8.44. The maximum Gasteiger partial charge on any atom is 0.358 e. The fourth-order valence-corrected chi connectivity index (χ4v) is 3.93. The number of carboxylic acid groups (broad SMARTS) is 1. The second-order valence-electron chi connectivity index (χ2n) is 8.44. The van der Waals surface area contributed by atoms with Crippen molar-refractivity contribution < 1.29 is 33.9 Å². The van der Waals surface area contributed by atoms with Gasteiger partial charge in [0.2, 0.25) is 11.8 Å². The summed E-state index contributed by atoms with van der Waals surface area (Å²) in [5, 5.41) is 14.4. The molecule has 13 heteroatoms. The molecule has 5 amide bonds. The molecule has 1 aromatic carbocycles. The predicted molar refractivity (Wildman–Crippen MR) is 122 cm³/mol. The molecule has 1 aromatic rings. The number of hydrogen-bond acceptors (Lipinski definition) is 7. The van der Waals surface area contributed by atoms with E-state index in [1.807, 2.05) is 25.1 Å². The number of aldehydes is 1. The summed E-state index contributed by atoms with van der Waals surface area (Å²) >= 11 is 0. The van der Waals surface area contributed by atoms with Gasteiger partial charge in [-0.25, -0.2) is 19.8 Å². The Labute approximate surface area is 201 Å². The molecular formula is C22H28N6O7. The molecule has 2 atom stereocenters. The maximum absolute atomic E-state index is 13.4. The lowest BCUT2D eigenvalue weighted by atomic mass is 10.1. The molecule has 35 heavy (non-hydrogen) atoms. The van der Waals surface area contributed by atoms with Crippen molar-refractivity contribution in [3.8, 4) is 0 Å². The largest absolute Gasteiger partial charge is 0.481 e. The predicted octanol–water partition coefficient (Wildman–Crippen LogP) is -0.410. The molecule has 0 unspecified atom stereocenters. The summed E-state index contributed by atoms with van der Waals surface area (Å²) in [6.07, 6.45) is 0.211. The zero-order chi connectivity index (χ0) is 25.7. The van der Waals surface area contributed by atoms with E-state index in [-0.39, 0.29) is 25.9 Å². The standard InChI is InChI=1S/C22H28N6O7/c1-25(2)16-6-3-5-14(11-16)20(33)24-26-10-8-18(30)27-9-4-7-17(28(27)22(26)35)21(34)23-15(13-29)12-19(31)32/h3,5-6,11,13,15,17H,4,7-10,12H2,1-2H3,(H,23,34)(H,24,33)(H,31,32)/t15-,17-/m0/s1. The van der Waals surface area contributed by atoms with Gasteiger partial charge in [-0.05, 0) is 31.0 Å². The molecule has 0 aromatic heterocycles. The van der Waals surface area contributed by atoms with Gasteiger partial charge < -0.3 is 20.1 Å². The number of anilines is 1. The van der Waals surface area contributed by atoms with E-state index >= 15 is 0 Å². The minimum atomic E-state index is -1.28. The van der Waals surface area contributed by atoms with Crippen molar-refractivity contribution in [3.05, 3.63) is 29.8 Å². The van der Waals surface area contributed by atoms with Crippen LogP contribution in [0.4, 0.5) is 10.5 Å². The third-order valence-electron chi connectivity index (χ3n) is 5.72. The lowest BCUT2D eigenvalue weighted by Gasteiger charge is -2.42. The number of benzene rings is 1. The fraction of sp³-hybridized carbons (Fsp3) is 0.455. The van der Waals surface area contributed by atoms with Gasteiger partial charge in [0.1, 0.15) is 12.3 Å². The minimum Gasteiger partial charge on any atom is -0.481 e. The van der Waals surface area contributed by atoms with E-state index in [1.54, 1.807) is 18.2 Å². The van der Waals surface area contributed by atoms with Crippen molar-refractivity contribution in [2.75, 3.05) is 32.1 Å². The summed E-state index contributed by atoms with van der Waals surface area (Å²) in [4.78, 5) is 75.9. The van der Waals surface area contributed by atoms with Crippen molar-refractivity contribution >= 4 is 41.7 Å². The number of carbonyl (C=O) groups excluding carboxylic acids is 5. The van der Waals surface area contributed by atoms with Crippen molar-refractivity contribution in [1.29, 1.82) is 0 Å². The summed E-state index contributed by atoms with van der Waals surface area (Å²) in [6, 6.07) is 3.52. The maximum atomic E-state index is 13.4. The quantitative estimate of drug-likeness (QED) is 0.416. The van der Waals surface area contributed by atoms with Gasteiger partial charge in [0.05, 0.1) is 19.0 Å². The summed E-state index contributed by atoms with van der Waals surface area (Å²) in [5.74, 6) is -3.01. The average Bonchev–Trinajstić information content (AvgIpc) is 2.95. The number of carbonyl (C=O) groups is 6. The number of amides is 5. The fourth-order valence-electron chi connectivity index (χ4n) is 3.93. The van der Waals surface area contributed by atoms with E-state index in [4.69, 9.17) is 5.11 Å². The van der Waals surface area contributed by atoms with Gasteiger partial charge in [-0.3, -0.25) is 24.6 Å². The Morgan fingerprint density at radius 2 is 1.97 bits per heavy atom. The molecule has 0 bridgehead atoms. The Balaban J connectivity index is 1.81. The van der Waals surface area contributed by atoms with Gasteiger partial charge in [0, 0.05) is 38.3 Å². The number of rotatable bonds is 8. The highest BCUT2D eigenvalue weighted by atomic mass is 16.4. The topological polar surface area (TPSA) is 160 Å². The lowest BCUT2D eigenvalue weighted by molar-refractivity contribution is -0.155. The third-order valence-corrected chi connectivity index (χ3v) is 5.72. The molecule has 2 aliphatic heterocycles. The molecule has 3 N–H and O–H groups in total. The summed E-state index contributed by atoms with van der Waals surface area (Å²) in [7, 11) is 3.64. The van der Waals surface area contributed by atoms with Gasteiger partial charge in [-0.1, -0.05) is 6.07 Å². The van der Waals surface area contributed by atoms with Crippen LogP contribution in [0.25, 0.3) is 0 Å². The van der Waals surface area contributed by atoms with E-state index in [0.29, 0.717) is 18.3 Å². The first-order valence-corrected chi connectivity index (χ1v) is 11.1. The number of carboxylic acids is 1. The number of hydrazine groups is 2. The molecule has 188 valence electrons. The van der Waals surface area contributed by atoms with Gasteiger partial charge in [-0.15, -0.1) is 0 Å². The lowest BCUT2D eigenvalue weighted by Crippen LogP contribution is -2.64. The number of urea groups is 1. The molecule has 0 aliphatic carbocycles. The van der Waals surface area contributed by atoms with Gasteiger partial charge >= 0.3 is 12.0 Å². The van der Waals surface area contributed by atoms with Crippen LogP contribution in [0.2, 0.25) is 0 Å². The molecule has 2 aliphatic rings. The van der Waals surface area contributed by atoms with Crippen molar-refractivity contribution in [2.45, 2.75) is 37.8 Å². The van der Waals surface area contributed by atoms with Crippen LogP contribution in [0.15, 0.2) is 24.3 Å². The second kappa shape index (κ2) is 10.8. The Morgan fingerprint density at radius 3 is 2.63 bits per heavy atom. The highest BCUT2D eigenvalue weighted by Gasteiger charge is 2.44. The van der Waals surface area contributed by atoms with Crippen molar-refractivity contribution in [1.82, 2.24) is 25.8 Å². The first kappa shape index (κ1) is 25.5. The zero-order valence-electron chi connectivity index (χ0n) is 19.5. The summed E-state index contributed by atoms with van der Waals surface area (Å²) in [6.45, 7) is 0.0986. The SMILES string of the molecule is CN(C)c1cccc(C(=O)NN2CCC(=O)N3CCC[C@@H](C(=O)N[C@H](C=O)CC(=O)O)N3C2=O)c1. The highest BCUT2D eigenvalue weighted by Crippen LogP contribution is 2.24. The number of nitrogens with one attached hydrogen (secondary N) is 2. The van der Waals surface area contributed by atoms with Crippen LogP contribution in [-0.2, 0) is 19.2 Å². The first-order valence-electron chi connectivity index (χ1n) is 11.1. The van der Waals surface area contributed by atoms with Crippen LogP contribution in [-0.4, -0.2) is 95.4 Å². The Kier molecular flexibility index (Phi) is 7.89. The van der Waals surface area contributed by atoms with E-state index < -0.39 is 48.2 Å². The van der Waals surface area contributed by atoms with Crippen LogP contribution >= 0.6 is 0 Å². The summed E-state index contributed by atoms with van der Waals surface area (Å²) in [5.41, 5.74) is 3.60. The van der Waals surface area contributed by atoms with E-state index in [2.05, 4.69) is 10.7 Å². The molecule has 0 saturated carbocycles. The summed E-state index contributed by atoms with van der Waals surface area (Å²) < 4.78 is 0. The molecule has 0 spiro atoms. The molecular weight excluding hydrogens is 460 g/mol. The average molecular weight is 489 g/mol. The number of hydrogen-bond donors (Lipinski definition) is 3. The zero-order valence-corrected chi connectivity index (χ0v) is 19.5. The molecule has 2 saturated heterocycles. The molecule has 3 rings (SSSR count). The van der Waals surface area contributed by atoms with Gasteiger partial charge in [0.15, 0.2) is 0 Å². The van der Waals surface area contributed by atoms with E-state index in [1.165, 1.54) is 5.01 Å². The van der Waals surface area contributed by atoms with Crippen LogP contribution < -0.4 is 15.6 Å². The van der Waals surface area contributed by atoms with E-state index in [0.717, 1.165) is 15.7 Å². The minimum absolute atomic E-state index is 0.0788. The molecule has 13 nitrogen and oxygen atoms in total. The monoisotopic (exact) mass is 488 g/mol. The third kappa shape index (κ3) is 5.86. The molecule has 2 fully saturated rings. The van der Waals surface area contributed by atoms with Crippen molar-refractivity contribution in [3.63, 3.8) is 0 Å². The number of nitrogens with zero attached hydrogens (tertiary/aromatic N) is 4. The van der Waals surface area contributed by atoms with Crippen LogP contribution in [0, 0.1) is 0 Å². The van der Waals surface area contributed by atoms with Crippen LogP contribution in [0.1, 0.15) is 36.0 Å². The Bertz CT molecular complexity index is 1030.